The summed E-state index contributed by atoms with van der Waals surface area (Å²) in [6, 6.07) is 9.88. The van der Waals surface area contributed by atoms with E-state index < -0.39 is 0 Å². The van der Waals surface area contributed by atoms with Gasteiger partial charge in [-0.25, -0.2) is 0 Å². The molecular weight excluding hydrogens is 198 g/mol. The van der Waals surface area contributed by atoms with Crippen LogP contribution in [0.2, 0.25) is 0 Å². The van der Waals surface area contributed by atoms with Crippen LogP contribution in [0.4, 0.5) is 0 Å². The predicted octanol–water partition coefficient (Wildman–Crippen LogP) is 3.65. The Morgan fingerprint density at radius 2 is 2.25 bits per heavy atom. The fourth-order valence-corrected chi connectivity index (χ4v) is 1.24. The minimum absolute atomic E-state index is 0.514. The third-order valence-electron chi connectivity index (χ3n) is 2.00. The van der Waals surface area contributed by atoms with E-state index in [0.29, 0.717) is 18.1 Å². The first-order valence-electron chi connectivity index (χ1n) is 5.43. The van der Waals surface area contributed by atoms with Crippen LogP contribution < -0.4 is 4.74 Å². The summed E-state index contributed by atoms with van der Waals surface area (Å²) in [7, 11) is 0. The Morgan fingerprint density at radius 1 is 1.50 bits per heavy atom. The number of allylic oxidation sites excluding steroid dienone is 1. The third-order valence-corrected chi connectivity index (χ3v) is 2.00. The van der Waals surface area contributed by atoms with E-state index in [2.05, 4.69) is 19.9 Å². The molecule has 0 unspecified atom stereocenters. The maximum absolute atomic E-state index is 8.69. The lowest BCUT2D eigenvalue weighted by Gasteiger charge is -2.08. The quantitative estimate of drug-likeness (QED) is 0.718. The molecule has 0 N–H and O–H groups in total. The van der Waals surface area contributed by atoms with Crippen molar-refractivity contribution in [1.82, 2.24) is 0 Å². The molecule has 0 spiro atoms. The Morgan fingerprint density at radius 3 is 2.88 bits per heavy atom. The van der Waals surface area contributed by atoms with Gasteiger partial charge in [-0.2, -0.15) is 5.26 Å². The van der Waals surface area contributed by atoms with Crippen LogP contribution in [0.15, 0.2) is 29.8 Å². The first-order chi connectivity index (χ1) is 7.61. The average Bonchev–Trinajstić information content (AvgIpc) is 2.26. The molecule has 0 aliphatic heterocycles. The first-order valence-corrected chi connectivity index (χ1v) is 5.43. The number of rotatable bonds is 4. The molecule has 0 aliphatic rings. The van der Waals surface area contributed by atoms with Crippen LogP contribution in [0, 0.1) is 17.2 Å². The van der Waals surface area contributed by atoms with Crippen molar-refractivity contribution in [2.24, 2.45) is 5.92 Å². The zero-order valence-electron chi connectivity index (χ0n) is 10.0. The maximum Gasteiger partial charge on any atom is 0.119 e. The van der Waals surface area contributed by atoms with Crippen molar-refractivity contribution in [2.75, 3.05) is 6.61 Å². The van der Waals surface area contributed by atoms with Gasteiger partial charge in [-0.3, -0.25) is 0 Å². The van der Waals surface area contributed by atoms with Gasteiger partial charge in [-0.1, -0.05) is 26.0 Å². The number of hydrogen-bond donors (Lipinski definition) is 0. The lowest BCUT2D eigenvalue weighted by molar-refractivity contribution is 0.271. The smallest absolute Gasteiger partial charge is 0.119 e. The van der Waals surface area contributed by atoms with E-state index in [1.54, 1.807) is 6.92 Å². The van der Waals surface area contributed by atoms with Crippen LogP contribution in [0.3, 0.4) is 0 Å². The van der Waals surface area contributed by atoms with Crippen molar-refractivity contribution in [1.29, 1.82) is 5.26 Å². The molecule has 0 saturated heterocycles. The highest BCUT2D eigenvalue weighted by Gasteiger charge is 1.98. The van der Waals surface area contributed by atoms with E-state index >= 15 is 0 Å². The molecule has 0 atom stereocenters. The molecule has 2 heteroatoms. The highest BCUT2D eigenvalue weighted by atomic mass is 16.5. The van der Waals surface area contributed by atoms with Gasteiger partial charge in [0.25, 0.3) is 0 Å². The summed E-state index contributed by atoms with van der Waals surface area (Å²) in [5.74, 6) is 1.37. The minimum atomic E-state index is 0.514. The molecule has 16 heavy (non-hydrogen) atoms. The van der Waals surface area contributed by atoms with Crippen molar-refractivity contribution in [3.8, 4) is 11.8 Å². The van der Waals surface area contributed by atoms with Crippen molar-refractivity contribution in [2.45, 2.75) is 20.8 Å². The van der Waals surface area contributed by atoms with Gasteiger partial charge in [0.1, 0.15) is 5.75 Å². The largest absolute Gasteiger partial charge is 0.493 e. The molecular formula is C14H17NO. The van der Waals surface area contributed by atoms with Gasteiger partial charge in [0, 0.05) is 5.57 Å². The summed E-state index contributed by atoms with van der Waals surface area (Å²) in [5, 5.41) is 8.69. The minimum Gasteiger partial charge on any atom is -0.493 e. The van der Waals surface area contributed by atoms with Gasteiger partial charge < -0.3 is 4.74 Å². The zero-order valence-corrected chi connectivity index (χ0v) is 10.0. The van der Waals surface area contributed by atoms with Crippen LogP contribution in [0.1, 0.15) is 26.3 Å². The van der Waals surface area contributed by atoms with Crippen molar-refractivity contribution in [3.05, 3.63) is 35.4 Å². The van der Waals surface area contributed by atoms with Crippen LogP contribution in [0.5, 0.6) is 5.75 Å². The highest BCUT2D eigenvalue weighted by molar-refractivity contribution is 5.57. The number of nitrogens with zero attached hydrogens (tertiary/aromatic N) is 1. The summed E-state index contributed by atoms with van der Waals surface area (Å²) in [5.41, 5.74) is 1.70. The second-order valence-electron chi connectivity index (χ2n) is 4.22. The molecule has 1 rings (SSSR count). The van der Waals surface area contributed by atoms with Gasteiger partial charge in [-0.15, -0.1) is 0 Å². The van der Waals surface area contributed by atoms with Crippen LogP contribution in [-0.2, 0) is 0 Å². The lowest BCUT2D eigenvalue weighted by Crippen LogP contribution is -2.04. The molecule has 0 radical (unpaired) electrons. The van der Waals surface area contributed by atoms with E-state index in [0.717, 1.165) is 11.3 Å². The molecule has 1 aromatic rings. The Hall–Kier alpha value is -1.75. The van der Waals surface area contributed by atoms with E-state index in [1.807, 2.05) is 30.3 Å². The number of ether oxygens (including phenoxy) is 1. The standard InChI is InChI=1S/C14H17NO/c1-11(2)10-16-14-6-4-5-13(8-14)7-12(3)9-15/h4-8,11H,10H2,1-3H3. The SMILES string of the molecule is CC(C#N)=Cc1cccc(OCC(C)C)c1. The van der Waals surface area contributed by atoms with E-state index in [1.165, 1.54) is 0 Å². The topological polar surface area (TPSA) is 33.0 Å². The fraction of sp³-hybridized carbons (Fsp3) is 0.357. The van der Waals surface area contributed by atoms with Crippen molar-refractivity contribution in [3.63, 3.8) is 0 Å². The summed E-state index contributed by atoms with van der Waals surface area (Å²) in [6.07, 6.45) is 1.85. The number of benzene rings is 1. The number of nitriles is 1. The molecule has 0 heterocycles. The van der Waals surface area contributed by atoms with E-state index in [4.69, 9.17) is 10.00 Å². The van der Waals surface area contributed by atoms with E-state index in [9.17, 15) is 0 Å². The molecule has 0 amide bonds. The maximum atomic E-state index is 8.69. The molecule has 2 nitrogen and oxygen atoms in total. The Kier molecular flexibility index (Phi) is 4.60. The van der Waals surface area contributed by atoms with Gasteiger partial charge >= 0.3 is 0 Å². The summed E-state index contributed by atoms with van der Waals surface area (Å²) in [4.78, 5) is 0. The van der Waals surface area contributed by atoms with Crippen LogP contribution >= 0.6 is 0 Å². The van der Waals surface area contributed by atoms with Gasteiger partial charge in [0.05, 0.1) is 12.7 Å². The lowest BCUT2D eigenvalue weighted by atomic mass is 10.1. The monoisotopic (exact) mass is 215 g/mol. The highest BCUT2D eigenvalue weighted by Crippen LogP contribution is 2.16. The molecule has 0 fully saturated rings. The molecule has 0 bridgehead atoms. The second kappa shape index (κ2) is 5.97. The molecule has 0 aromatic heterocycles. The Labute approximate surface area is 97.2 Å². The summed E-state index contributed by atoms with van der Waals surface area (Å²) in [6.45, 7) is 6.74. The van der Waals surface area contributed by atoms with E-state index in [-0.39, 0.29) is 0 Å². The average molecular weight is 215 g/mol. The van der Waals surface area contributed by atoms with Crippen molar-refractivity contribution < 1.29 is 4.74 Å². The fourth-order valence-electron chi connectivity index (χ4n) is 1.24. The second-order valence-corrected chi connectivity index (χ2v) is 4.22. The molecule has 1 aromatic carbocycles. The normalized spacial score (nSPS) is 11.3. The van der Waals surface area contributed by atoms with Gasteiger partial charge in [0.2, 0.25) is 0 Å². The van der Waals surface area contributed by atoms with Crippen LogP contribution in [0.25, 0.3) is 6.08 Å². The third kappa shape index (κ3) is 4.18. The molecule has 0 saturated carbocycles. The predicted molar refractivity (Wildman–Crippen MR) is 66.0 cm³/mol. The Bertz CT molecular complexity index is 413. The zero-order chi connectivity index (χ0) is 12.0. The summed E-state index contributed by atoms with van der Waals surface area (Å²) < 4.78 is 5.61. The first kappa shape index (κ1) is 12.3. The molecule has 84 valence electrons. The Balaban J connectivity index is 2.76. The van der Waals surface area contributed by atoms with Gasteiger partial charge in [0.15, 0.2) is 0 Å². The van der Waals surface area contributed by atoms with Crippen molar-refractivity contribution >= 4 is 6.08 Å². The number of hydrogen-bond acceptors (Lipinski definition) is 2. The van der Waals surface area contributed by atoms with Gasteiger partial charge in [-0.05, 0) is 36.6 Å². The summed E-state index contributed by atoms with van der Waals surface area (Å²) >= 11 is 0. The van der Waals surface area contributed by atoms with Crippen LogP contribution in [-0.4, -0.2) is 6.61 Å². The molecule has 0 aliphatic carbocycles.